The van der Waals surface area contributed by atoms with E-state index in [9.17, 15) is 17.2 Å². The maximum atomic E-state index is 14.0. The highest BCUT2D eigenvalue weighted by Gasteiger charge is 2.21. The van der Waals surface area contributed by atoms with Crippen molar-refractivity contribution in [2.45, 2.75) is 17.6 Å². The molecule has 6 nitrogen and oxygen atoms in total. The highest BCUT2D eigenvalue weighted by atomic mass is 32.2. The predicted octanol–water partition coefficient (Wildman–Crippen LogP) is 3.54. The molecule has 0 amide bonds. The van der Waals surface area contributed by atoms with Gasteiger partial charge in [0.2, 0.25) is 0 Å². The van der Waals surface area contributed by atoms with Gasteiger partial charge in [-0.05, 0) is 30.7 Å². The number of ether oxygens (including phenoxy) is 1. The van der Waals surface area contributed by atoms with Crippen LogP contribution in [0.4, 0.5) is 14.6 Å². The van der Waals surface area contributed by atoms with Gasteiger partial charge < -0.3 is 9.64 Å². The third-order valence-electron chi connectivity index (χ3n) is 5.03. The fraction of sp³-hybridized carbons (Fsp3) is 0.273. The number of hydrogen-bond donors (Lipinski definition) is 0. The first-order valence-electron chi connectivity index (χ1n) is 9.77. The molecule has 4 rings (SSSR count). The van der Waals surface area contributed by atoms with Gasteiger partial charge >= 0.3 is 0 Å². The molecule has 0 atom stereocenters. The van der Waals surface area contributed by atoms with Gasteiger partial charge in [0.15, 0.2) is 15.7 Å². The number of aryl methyl sites for hydroxylation is 1. The average molecular weight is 445 g/mol. The van der Waals surface area contributed by atoms with Crippen LogP contribution in [0.15, 0.2) is 53.6 Å². The summed E-state index contributed by atoms with van der Waals surface area (Å²) in [5.41, 5.74) is 2.05. The van der Waals surface area contributed by atoms with Crippen LogP contribution in [0.25, 0.3) is 11.4 Å². The molecule has 1 aliphatic heterocycles. The van der Waals surface area contributed by atoms with Crippen molar-refractivity contribution >= 4 is 15.7 Å². The second kappa shape index (κ2) is 8.68. The molecule has 0 radical (unpaired) electrons. The quantitative estimate of drug-likeness (QED) is 0.560. The zero-order valence-corrected chi connectivity index (χ0v) is 17.7. The molecule has 1 fully saturated rings. The normalized spacial score (nSPS) is 14.6. The number of nitrogens with zero attached hydrogens (tertiary/aromatic N) is 3. The number of sulfone groups is 1. The Kier molecular flexibility index (Phi) is 5.97. The lowest BCUT2D eigenvalue weighted by Gasteiger charge is -2.29. The number of aromatic nitrogens is 2. The van der Waals surface area contributed by atoms with Crippen LogP contribution in [-0.2, 0) is 20.3 Å². The van der Waals surface area contributed by atoms with Gasteiger partial charge in [0.1, 0.15) is 22.3 Å². The van der Waals surface area contributed by atoms with E-state index < -0.39 is 32.1 Å². The van der Waals surface area contributed by atoms with Crippen molar-refractivity contribution in [1.29, 1.82) is 0 Å². The van der Waals surface area contributed by atoms with E-state index in [4.69, 9.17) is 9.72 Å². The lowest BCUT2D eigenvalue weighted by atomic mass is 10.1. The van der Waals surface area contributed by atoms with E-state index in [1.165, 1.54) is 0 Å². The first-order valence-corrected chi connectivity index (χ1v) is 11.4. The van der Waals surface area contributed by atoms with Crippen LogP contribution in [0, 0.1) is 18.6 Å². The molecular weight excluding hydrogens is 424 g/mol. The van der Waals surface area contributed by atoms with Gasteiger partial charge in [-0.15, -0.1) is 0 Å². The zero-order valence-electron chi connectivity index (χ0n) is 16.9. The van der Waals surface area contributed by atoms with Crippen molar-refractivity contribution in [2.75, 3.05) is 31.2 Å². The van der Waals surface area contributed by atoms with Crippen LogP contribution < -0.4 is 4.90 Å². The van der Waals surface area contributed by atoms with Crippen LogP contribution in [0.5, 0.6) is 0 Å². The Morgan fingerprint density at radius 3 is 2.61 bits per heavy atom. The Morgan fingerprint density at radius 2 is 1.87 bits per heavy atom. The molecule has 2 heterocycles. The third-order valence-corrected chi connectivity index (χ3v) is 6.74. The molecule has 0 saturated carbocycles. The summed E-state index contributed by atoms with van der Waals surface area (Å²) in [7, 11) is -4.00. The third kappa shape index (κ3) is 4.72. The molecule has 0 N–H and O–H groups in total. The first-order chi connectivity index (χ1) is 14.8. The lowest BCUT2D eigenvalue weighted by molar-refractivity contribution is 0.122. The number of hydrogen-bond acceptors (Lipinski definition) is 6. The summed E-state index contributed by atoms with van der Waals surface area (Å²) in [6, 6.07) is 9.26. The van der Waals surface area contributed by atoms with Crippen LogP contribution >= 0.6 is 0 Å². The van der Waals surface area contributed by atoms with Crippen molar-refractivity contribution in [3.63, 3.8) is 0 Å². The van der Waals surface area contributed by atoms with E-state index in [-0.39, 0.29) is 0 Å². The topological polar surface area (TPSA) is 72.4 Å². The molecule has 31 heavy (non-hydrogen) atoms. The minimum absolute atomic E-state index is 0.425. The van der Waals surface area contributed by atoms with Gasteiger partial charge in [-0.25, -0.2) is 27.2 Å². The second-order valence-corrected chi connectivity index (χ2v) is 9.29. The molecule has 2 aromatic carbocycles. The number of halogens is 2. The molecule has 1 aromatic heterocycles. The minimum atomic E-state index is -4.00. The van der Waals surface area contributed by atoms with E-state index in [1.54, 1.807) is 30.5 Å². The highest BCUT2D eigenvalue weighted by molar-refractivity contribution is 7.90. The summed E-state index contributed by atoms with van der Waals surface area (Å²) in [4.78, 5) is 10.7. The summed E-state index contributed by atoms with van der Waals surface area (Å²) in [5.74, 6) is -1.07. The molecule has 162 valence electrons. The van der Waals surface area contributed by atoms with Crippen molar-refractivity contribution in [3.05, 3.63) is 71.4 Å². The molecule has 1 saturated heterocycles. The molecule has 3 aromatic rings. The lowest BCUT2D eigenvalue weighted by Crippen LogP contribution is -2.37. The Morgan fingerprint density at radius 1 is 1.10 bits per heavy atom. The van der Waals surface area contributed by atoms with E-state index in [0.29, 0.717) is 36.2 Å². The molecule has 0 unspecified atom stereocenters. The van der Waals surface area contributed by atoms with Gasteiger partial charge in [0, 0.05) is 36.5 Å². The molecule has 0 spiro atoms. The first kappa shape index (κ1) is 21.3. The number of benzene rings is 2. The highest BCUT2D eigenvalue weighted by Crippen LogP contribution is 2.25. The SMILES string of the molecule is Cc1cnc(-c2cccc(CS(=O)(=O)c3ccc(F)cc3F)c2)nc1N1CCOCC1. The fourth-order valence-corrected chi connectivity index (χ4v) is 4.90. The van der Waals surface area contributed by atoms with Gasteiger partial charge in [0.05, 0.1) is 19.0 Å². The second-order valence-electron chi connectivity index (χ2n) is 7.33. The van der Waals surface area contributed by atoms with Gasteiger partial charge in [0.25, 0.3) is 0 Å². The van der Waals surface area contributed by atoms with Gasteiger partial charge in [-0.1, -0.05) is 18.2 Å². The molecular formula is C22H21F2N3O3S. The summed E-state index contributed by atoms with van der Waals surface area (Å²) in [5, 5.41) is 0. The molecule has 0 bridgehead atoms. The number of rotatable bonds is 5. The van der Waals surface area contributed by atoms with E-state index in [0.717, 1.165) is 36.6 Å². The fourth-order valence-electron chi connectivity index (χ4n) is 3.49. The number of morpholine rings is 1. The maximum absolute atomic E-state index is 14.0. The van der Waals surface area contributed by atoms with Gasteiger partial charge in [-0.3, -0.25) is 0 Å². The van der Waals surface area contributed by atoms with E-state index in [1.807, 2.05) is 6.92 Å². The van der Waals surface area contributed by atoms with E-state index in [2.05, 4.69) is 9.88 Å². The van der Waals surface area contributed by atoms with Crippen LogP contribution in [-0.4, -0.2) is 44.7 Å². The Labute approximate surface area is 179 Å². The smallest absolute Gasteiger partial charge is 0.185 e. The Balaban J connectivity index is 1.63. The monoisotopic (exact) mass is 445 g/mol. The van der Waals surface area contributed by atoms with E-state index >= 15 is 0 Å². The van der Waals surface area contributed by atoms with Crippen LogP contribution in [0.3, 0.4) is 0 Å². The van der Waals surface area contributed by atoms with Gasteiger partial charge in [-0.2, -0.15) is 0 Å². The zero-order chi connectivity index (χ0) is 22.0. The summed E-state index contributed by atoms with van der Waals surface area (Å²) in [6.45, 7) is 4.67. The standard InChI is InChI=1S/C22H21F2N3O3S/c1-15-13-25-21(26-22(15)27-7-9-30-10-8-27)17-4-2-3-16(11-17)14-31(28,29)20-6-5-18(23)12-19(20)24/h2-6,11-13H,7-10,14H2,1H3. The number of anilines is 1. The molecule has 1 aliphatic rings. The van der Waals surface area contributed by atoms with Crippen molar-refractivity contribution in [2.24, 2.45) is 0 Å². The summed E-state index contributed by atoms with van der Waals surface area (Å²) >= 11 is 0. The van der Waals surface area contributed by atoms with Crippen LogP contribution in [0.2, 0.25) is 0 Å². The molecule has 9 heteroatoms. The molecule has 0 aliphatic carbocycles. The summed E-state index contributed by atoms with van der Waals surface area (Å²) < 4.78 is 57.9. The summed E-state index contributed by atoms with van der Waals surface area (Å²) in [6.07, 6.45) is 1.74. The minimum Gasteiger partial charge on any atom is -0.378 e. The maximum Gasteiger partial charge on any atom is 0.185 e. The predicted molar refractivity (Wildman–Crippen MR) is 112 cm³/mol. The Hall–Kier alpha value is -2.91. The average Bonchev–Trinajstić information content (AvgIpc) is 2.74. The largest absolute Gasteiger partial charge is 0.378 e. The van der Waals surface area contributed by atoms with Crippen molar-refractivity contribution < 1.29 is 21.9 Å². The Bertz CT molecular complexity index is 1210. The van der Waals surface area contributed by atoms with Crippen LogP contribution in [0.1, 0.15) is 11.1 Å². The van der Waals surface area contributed by atoms with Crippen molar-refractivity contribution in [3.8, 4) is 11.4 Å². The van der Waals surface area contributed by atoms with Crippen molar-refractivity contribution in [1.82, 2.24) is 9.97 Å².